The molecule has 1 aromatic carbocycles. The summed E-state index contributed by atoms with van der Waals surface area (Å²) in [6.07, 6.45) is 0. The van der Waals surface area contributed by atoms with Crippen molar-refractivity contribution in [2.45, 2.75) is 40.5 Å². The molecule has 0 aliphatic heterocycles. The fraction of sp³-hybridized carbons (Fsp3) is 0.500. The molecule has 14 heavy (non-hydrogen) atoms. The first-order valence-corrected chi connectivity index (χ1v) is 4.98. The molecule has 0 bridgehead atoms. The molecule has 80 valence electrons. The zero-order valence-corrected chi connectivity index (χ0v) is 9.49. The standard InChI is InChI=1S/C10H12F2.C2H6/c1-6(2)8-4-9(11)7(3)10(12)5-8;1-2/h4-6H,1-3H3;1-2H3. The van der Waals surface area contributed by atoms with E-state index < -0.39 is 11.6 Å². The minimum atomic E-state index is -0.460. The van der Waals surface area contributed by atoms with Gasteiger partial charge in [-0.3, -0.25) is 0 Å². The van der Waals surface area contributed by atoms with Gasteiger partial charge in [0.1, 0.15) is 11.6 Å². The molecule has 0 aromatic heterocycles. The fourth-order valence-electron chi connectivity index (χ4n) is 0.998. The van der Waals surface area contributed by atoms with Crippen LogP contribution < -0.4 is 0 Å². The molecule has 0 heterocycles. The van der Waals surface area contributed by atoms with Crippen LogP contribution in [0.4, 0.5) is 8.78 Å². The second-order valence-electron chi connectivity index (χ2n) is 3.26. The molecule has 1 aromatic rings. The van der Waals surface area contributed by atoms with Crippen LogP contribution in [-0.2, 0) is 0 Å². The molecule has 0 aliphatic rings. The van der Waals surface area contributed by atoms with Crippen molar-refractivity contribution < 1.29 is 8.78 Å². The predicted molar refractivity (Wildman–Crippen MR) is 56.5 cm³/mol. The zero-order chi connectivity index (χ0) is 11.3. The molecule has 1 rings (SSSR count). The molecular formula is C12H18F2. The van der Waals surface area contributed by atoms with Crippen LogP contribution in [0.5, 0.6) is 0 Å². The number of hydrogen-bond donors (Lipinski definition) is 0. The van der Waals surface area contributed by atoms with Gasteiger partial charge in [0, 0.05) is 5.56 Å². The van der Waals surface area contributed by atoms with Crippen LogP contribution in [-0.4, -0.2) is 0 Å². The highest BCUT2D eigenvalue weighted by Crippen LogP contribution is 2.20. The Morgan fingerprint density at radius 3 is 1.64 bits per heavy atom. The van der Waals surface area contributed by atoms with Gasteiger partial charge >= 0.3 is 0 Å². The van der Waals surface area contributed by atoms with Crippen LogP contribution in [0.1, 0.15) is 44.7 Å². The summed E-state index contributed by atoms with van der Waals surface area (Å²) in [4.78, 5) is 0. The summed E-state index contributed by atoms with van der Waals surface area (Å²) >= 11 is 0. The van der Waals surface area contributed by atoms with Gasteiger partial charge in [-0.25, -0.2) is 8.78 Å². The minimum absolute atomic E-state index is 0.0967. The van der Waals surface area contributed by atoms with Crippen molar-refractivity contribution in [3.8, 4) is 0 Å². The maximum Gasteiger partial charge on any atom is 0.129 e. The average molecular weight is 200 g/mol. The Morgan fingerprint density at radius 2 is 1.36 bits per heavy atom. The van der Waals surface area contributed by atoms with Gasteiger partial charge in [0.25, 0.3) is 0 Å². The van der Waals surface area contributed by atoms with Crippen molar-refractivity contribution in [2.24, 2.45) is 0 Å². The SMILES string of the molecule is CC.Cc1c(F)cc(C(C)C)cc1F. The van der Waals surface area contributed by atoms with E-state index in [2.05, 4.69) is 0 Å². The lowest BCUT2D eigenvalue weighted by Gasteiger charge is -2.07. The molecule has 0 amide bonds. The van der Waals surface area contributed by atoms with Gasteiger partial charge in [0.15, 0.2) is 0 Å². The van der Waals surface area contributed by atoms with Crippen molar-refractivity contribution in [3.63, 3.8) is 0 Å². The third-order valence-electron chi connectivity index (χ3n) is 1.97. The second-order valence-corrected chi connectivity index (χ2v) is 3.26. The van der Waals surface area contributed by atoms with E-state index in [0.29, 0.717) is 5.56 Å². The van der Waals surface area contributed by atoms with Crippen molar-refractivity contribution in [3.05, 3.63) is 34.9 Å². The maximum atomic E-state index is 13.0. The van der Waals surface area contributed by atoms with E-state index in [-0.39, 0.29) is 11.5 Å². The number of halogens is 2. The highest BCUT2D eigenvalue weighted by Gasteiger charge is 2.08. The molecule has 0 spiro atoms. The monoisotopic (exact) mass is 200 g/mol. The second kappa shape index (κ2) is 5.74. The minimum Gasteiger partial charge on any atom is -0.207 e. The largest absolute Gasteiger partial charge is 0.207 e. The average Bonchev–Trinajstić information content (AvgIpc) is 2.16. The molecule has 0 nitrogen and oxygen atoms in total. The van der Waals surface area contributed by atoms with Crippen LogP contribution in [0, 0.1) is 18.6 Å². The van der Waals surface area contributed by atoms with E-state index in [1.807, 2.05) is 27.7 Å². The van der Waals surface area contributed by atoms with E-state index in [9.17, 15) is 8.78 Å². The third-order valence-corrected chi connectivity index (χ3v) is 1.97. The summed E-state index contributed by atoms with van der Waals surface area (Å²) < 4.78 is 25.9. The highest BCUT2D eigenvalue weighted by atomic mass is 19.1. The first-order valence-electron chi connectivity index (χ1n) is 4.98. The van der Waals surface area contributed by atoms with E-state index in [1.165, 1.54) is 19.1 Å². The van der Waals surface area contributed by atoms with Gasteiger partial charge < -0.3 is 0 Å². The smallest absolute Gasteiger partial charge is 0.129 e. The molecule has 2 heteroatoms. The van der Waals surface area contributed by atoms with Gasteiger partial charge in [-0.05, 0) is 30.5 Å². The molecule has 0 radical (unpaired) electrons. The van der Waals surface area contributed by atoms with Crippen molar-refractivity contribution in [2.75, 3.05) is 0 Å². The summed E-state index contributed by atoms with van der Waals surface area (Å²) in [7, 11) is 0. The number of benzene rings is 1. The molecule has 0 fully saturated rings. The summed E-state index contributed by atoms with van der Waals surface area (Å²) in [5.41, 5.74) is 0.801. The van der Waals surface area contributed by atoms with E-state index >= 15 is 0 Å². The lowest BCUT2D eigenvalue weighted by molar-refractivity contribution is 0.562. The van der Waals surface area contributed by atoms with Crippen molar-refractivity contribution in [1.29, 1.82) is 0 Å². The molecule has 0 atom stereocenters. The van der Waals surface area contributed by atoms with Gasteiger partial charge in [-0.15, -0.1) is 0 Å². The fourth-order valence-corrected chi connectivity index (χ4v) is 0.998. The van der Waals surface area contributed by atoms with Crippen LogP contribution in [0.25, 0.3) is 0 Å². The van der Waals surface area contributed by atoms with Crippen LogP contribution in [0.2, 0.25) is 0 Å². The third kappa shape index (κ3) is 3.09. The van der Waals surface area contributed by atoms with E-state index in [4.69, 9.17) is 0 Å². The van der Waals surface area contributed by atoms with Crippen LogP contribution in [0.15, 0.2) is 12.1 Å². The predicted octanol–water partition coefficient (Wildman–Crippen LogP) is 4.42. The molecule has 0 saturated carbocycles. The van der Waals surface area contributed by atoms with Gasteiger partial charge in [0.05, 0.1) is 0 Å². The Bertz CT molecular complexity index is 267. The quantitative estimate of drug-likeness (QED) is 0.629. The maximum absolute atomic E-state index is 13.0. The summed E-state index contributed by atoms with van der Waals surface area (Å²) in [5, 5.41) is 0. The van der Waals surface area contributed by atoms with Gasteiger partial charge in [-0.1, -0.05) is 27.7 Å². The highest BCUT2D eigenvalue weighted by molar-refractivity contribution is 5.26. The lowest BCUT2D eigenvalue weighted by Crippen LogP contribution is -1.94. The van der Waals surface area contributed by atoms with Gasteiger partial charge in [0.2, 0.25) is 0 Å². The lowest BCUT2D eigenvalue weighted by atomic mass is 10.0. The Hall–Kier alpha value is -0.920. The van der Waals surface area contributed by atoms with Crippen molar-refractivity contribution in [1.82, 2.24) is 0 Å². The Labute approximate surface area is 85.0 Å². The molecule has 0 N–H and O–H groups in total. The number of rotatable bonds is 1. The normalized spacial score (nSPS) is 9.71. The first kappa shape index (κ1) is 13.1. The summed E-state index contributed by atoms with van der Waals surface area (Å²) in [5.74, 6) is -0.757. The Kier molecular flexibility index (Phi) is 5.36. The zero-order valence-electron chi connectivity index (χ0n) is 9.49. The Balaban J connectivity index is 0.000000791. The molecule has 0 saturated heterocycles. The Morgan fingerprint density at radius 1 is 1.00 bits per heavy atom. The molecule has 0 unspecified atom stereocenters. The topological polar surface area (TPSA) is 0 Å². The summed E-state index contributed by atoms with van der Waals surface area (Å²) in [6, 6.07) is 2.78. The number of hydrogen-bond acceptors (Lipinski definition) is 0. The molecular weight excluding hydrogens is 182 g/mol. The molecule has 0 aliphatic carbocycles. The van der Waals surface area contributed by atoms with E-state index in [0.717, 1.165) is 0 Å². The summed E-state index contributed by atoms with van der Waals surface area (Å²) in [6.45, 7) is 9.25. The van der Waals surface area contributed by atoms with Crippen molar-refractivity contribution >= 4 is 0 Å². The van der Waals surface area contributed by atoms with Crippen LogP contribution in [0.3, 0.4) is 0 Å². The first-order chi connectivity index (χ1) is 6.52. The van der Waals surface area contributed by atoms with Gasteiger partial charge in [-0.2, -0.15) is 0 Å². The van der Waals surface area contributed by atoms with E-state index in [1.54, 1.807) is 0 Å². The van der Waals surface area contributed by atoms with Crippen LogP contribution >= 0.6 is 0 Å².